The predicted octanol–water partition coefficient (Wildman–Crippen LogP) is 11.2. The van der Waals surface area contributed by atoms with E-state index in [1.165, 1.54) is 80.3 Å². The number of thiophene rings is 2. The number of Topliss-reactive ketones (excluding diaryl/α,β-unsaturated/α-hetero) is 4. The van der Waals surface area contributed by atoms with Crippen LogP contribution in [-0.4, -0.2) is 23.1 Å². The first-order valence-corrected chi connectivity index (χ1v) is 23.5. The number of hydrogen-bond acceptors (Lipinski definition) is 10. The van der Waals surface area contributed by atoms with Gasteiger partial charge in [-0.25, -0.2) is 0 Å². The number of carbonyl (C=O) groups is 4. The Morgan fingerprint density at radius 1 is 0.469 bits per heavy atom. The van der Waals surface area contributed by atoms with Crippen LogP contribution in [0, 0.1) is 57.2 Å². The van der Waals surface area contributed by atoms with E-state index in [1.54, 1.807) is 34.8 Å². The van der Waals surface area contributed by atoms with Crippen LogP contribution in [0.15, 0.2) is 83.0 Å². The summed E-state index contributed by atoms with van der Waals surface area (Å²) < 4.78 is 0. The SMILES string of the molecule is N#Cc1cc2c(cc1C#N)C(=O)C(=Cc1cc3c(s1)C1=CC4C=C5C(=CC4C=C1C31CCCCC1)c1sc(C=C3C(=O)c4cc(C#N)c(C#N)cc4C3=O)cc1C51CCCCC1)C2=O. The summed E-state index contributed by atoms with van der Waals surface area (Å²) in [6, 6.07) is 17.8. The molecule has 8 aliphatic carbocycles. The monoisotopic (exact) mass is 866 g/mol. The van der Waals surface area contributed by atoms with Gasteiger partial charge < -0.3 is 0 Å². The topological polar surface area (TPSA) is 163 Å². The average Bonchev–Trinajstić information content (AvgIpc) is 4.14. The Balaban J connectivity index is 0.925. The zero-order chi connectivity index (χ0) is 43.8. The maximum absolute atomic E-state index is 13.7. The highest BCUT2D eigenvalue weighted by Gasteiger charge is 2.52. The van der Waals surface area contributed by atoms with E-state index in [2.05, 4.69) is 36.4 Å². The van der Waals surface area contributed by atoms with Crippen molar-refractivity contribution in [3.8, 4) is 24.3 Å². The summed E-state index contributed by atoms with van der Waals surface area (Å²) in [7, 11) is 0. The fraction of sp³-hybridized carbons (Fsp3) is 0.259. The second-order valence-electron chi connectivity index (χ2n) is 18.3. The zero-order valence-corrected chi connectivity index (χ0v) is 36.0. The number of hydrogen-bond donors (Lipinski definition) is 0. The van der Waals surface area contributed by atoms with Crippen LogP contribution < -0.4 is 0 Å². The molecule has 4 aromatic rings. The van der Waals surface area contributed by atoms with Crippen molar-refractivity contribution in [2.75, 3.05) is 0 Å². The minimum absolute atomic E-state index is 0.0653. The van der Waals surface area contributed by atoms with Crippen LogP contribution in [0.5, 0.6) is 0 Å². The van der Waals surface area contributed by atoms with E-state index in [9.17, 15) is 40.2 Å². The second-order valence-corrected chi connectivity index (χ2v) is 20.5. The number of benzene rings is 2. The molecule has 10 heteroatoms. The number of fused-ring (bicyclic) bond motifs is 13. The summed E-state index contributed by atoms with van der Waals surface area (Å²) in [6.45, 7) is 0. The maximum atomic E-state index is 13.7. The van der Waals surface area contributed by atoms with Crippen LogP contribution >= 0.6 is 22.7 Å². The Bertz CT molecular complexity index is 3040. The normalized spacial score (nSPS) is 22.4. The first-order valence-electron chi connectivity index (χ1n) is 21.9. The second kappa shape index (κ2) is 13.7. The molecule has 2 aromatic heterocycles. The van der Waals surface area contributed by atoms with Gasteiger partial charge in [0.05, 0.1) is 33.4 Å². The summed E-state index contributed by atoms with van der Waals surface area (Å²) in [5, 5.41) is 38.3. The lowest BCUT2D eigenvalue weighted by Crippen LogP contribution is -2.31. The minimum Gasteiger partial charge on any atom is -0.288 e. The number of rotatable bonds is 2. The summed E-state index contributed by atoms with van der Waals surface area (Å²) in [5.74, 6) is -1.38. The Hall–Kier alpha value is -7.08. The molecule has 2 unspecified atom stereocenters. The molecule has 8 nitrogen and oxygen atoms in total. The zero-order valence-electron chi connectivity index (χ0n) is 34.4. The molecular weight excluding hydrogens is 833 g/mol. The fourth-order valence-electron chi connectivity index (χ4n) is 12.3. The summed E-state index contributed by atoms with van der Waals surface area (Å²) in [4.78, 5) is 58.8. The largest absolute Gasteiger partial charge is 0.288 e. The van der Waals surface area contributed by atoms with Crippen molar-refractivity contribution < 1.29 is 19.2 Å². The average molecular weight is 867 g/mol. The highest BCUT2D eigenvalue weighted by atomic mass is 32.1. The summed E-state index contributed by atoms with van der Waals surface area (Å²) in [5.41, 5.74) is 8.69. The molecule has 2 spiro atoms. The molecule has 306 valence electrons. The molecule has 64 heavy (non-hydrogen) atoms. The van der Waals surface area contributed by atoms with E-state index in [0.717, 1.165) is 61.1 Å². The molecule has 2 aromatic carbocycles. The maximum Gasteiger partial charge on any atom is 0.197 e. The highest BCUT2D eigenvalue weighted by molar-refractivity contribution is 7.15. The van der Waals surface area contributed by atoms with Gasteiger partial charge in [-0.2, -0.15) is 21.0 Å². The van der Waals surface area contributed by atoms with E-state index < -0.39 is 23.1 Å². The molecule has 2 atom stereocenters. The third-order valence-corrected chi connectivity index (χ3v) is 17.5. The smallest absolute Gasteiger partial charge is 0.197 e. The molecule has 0 amide bonds. The first-order chi connectivity index (χ1) is 31.1. The minimum atomic E-state index is -0.416. The first kappa shape index (κ1) is 38.6. The van der Waals surface area contributed by atoms with Gasteiger partial charge in [-0.05, 0) is 108 Å². The molecule has 12 rings (SSSR count). The van der Waals surface area contributed by atoms with E-state index in [-0.39, 0.29) is 78.3 Å². The molecular formula is C54H34N4O4S2. The molecule has 0 aliphatic heterocycles. The Kier molecular flexibility index (Phi) is 8.26. The quantitative estimate of drug-likeness (QED) is 0.142. The highest BCUT2D eigenvalue weighted by Crippen LogP contribution is 2.65. The van der Waals surface area contributed by atoms with Crippen molar-refractivity contribution in [2.24, 2.45) is 11.8 Å². The standard InChI is InChI=1S/C54H34N4O4S2/c55-23-29-13-35-36(14-30(29)24-56)48(60)41(47(35)59)19-33-21-45-51(63-33)39-11-28-18-44-40(12-27(28)17-43(39)53(45)7-3-1-4-8-53)52-46(54(44)9-5-2-6-10-54)22-34(64-52)20-42-49(61)37-15-31(25-57)32(26-58)16-38(37)50(42)62/h11-22,27-28H,1-10H2. The van der Waals surface area contributed by atoms with E-state index >= 15 is 0 Å². The fourth-order valence-corrected chi connectivity index (χ4v) is 14.8. The summed E-state index contributed by atoms with van der Waals surface area (Å²) >= 11 is 3.27. The molecule has 0 bridgehead atoms. The lowest BCUT2D eigenvalue weighted by molar-refractivity contribution is 0.0975. The lowest BCUT2D eigenvalue weighted by Gasteiger charge is -2.40. The summed E-state index contributed by atoms with van der Waals surface area (Å²) in [6.07, 6.45) is 24.3. The number of carbonyl (C=O) groups excluding carboxylic acids is 4. The van der Waals surface area contributed by atoms with Crippen molar-refractivity contribution in [2.45, 2.75) is 75.0 Å². The van der Waals surface area contributed by atoms with Crippen molar-refractivity contribution in [1.29, 1.82) is 21.0 Å². The van der Waals surface area contributed by atoms with Gasteiger partial charge in [-0.3, -0.25) is 19.2 Å². The van der Waals surface area contributed by atoms with Gasteiger partial charge in [-0.1, -0.05) is 62.8 Å². The van der Waals surface area contributed by atoms with Crippen molar-refractivity contribution >= 4 is 69.1 Å². The number of nitriles is 4. The van der Waals surface area contributed by atoms with Crippen molar-refractivity contribution in [1.82, 2.24) is 0 Å². The lowest BCUT2D eigenvalue weighted by atomic mass is 9.63. The van der Waals surface area contributed by atoms with Crippen molar-refractivity contribution in [3.63, 3.8) is 0 Å². The number of ketones is 4. The van der Waals surface area contributed by atoms with Gasteiger partial charge >= 0.3 is 0 Å². The molecule has 0 saturated heterocycles. The van der Waals surface area contributed by atoms with Crippen LogP contribution in [0.2, 0.25) is 0 Å². The molecule has 0 radical (unpaired) electrons. The Morgan fingerprint density at radius 3 is 1.11 bits per heavy atom. The third kappa shape index (κ3) is 5.10. The van der Waals surface area contributed by atoms with Crippen molar-refractivity contribution in [3.05, 3.63) is 158 Å². The molecule has 2 heterocycles. The molecule has 0 N–H and O–H groups in total. The van der Waals surface area contributed by atoms with Gasteiger partial charge in [0.2, 0.25) is 0 Å². The number of allylic oxidation sites excluding steroid dienone is 10. The van der Waals surface area contributed by atoms with Gasteiger partial charge in [0, 0.05) is 64.4 Å². The van der Waals surface area contributed by atoms with Crippen LogP contribution in [0.25, 0.3) is 23.3 Å². The van der Waals surface area contributed by atoms with Gasteiger partial charge in [0.15, 0.2) is 23.1 Å². The number of nitrogens with zero attached hydrogens (tertiary/aromatic N) is 4. The van der Waals surface area contributed by atoms with E-state index in [1.807, 2.05) is 24.3 Å². The Morgan fingerprint density at radius 2 is 0.797 bits per heavy atom. The molecule has 2 fully saturated rings. The molecule has 8 aliphatic rings. The molecule has 2 saturated carbocycles. The third-order valence-electron chi connectivity index (χ3n) is 15.3. The van der Waals surface area contributed by atoms with Crippen LogP contribution in [0.1, 0.15) is 159 Å². The Labute approximate surface area is 376 Å². The van der Waals surface area contributed by atoms with Gasteiger partial charge in [0.1, 0.15) is 24.3 Å². The van der Waals surface area contributed by atoms with E-state index in [0.29, 0.717) is 0 Å². The van der Waals surface area contributed by atoms with Gasteiger partial charge in [0.25, 0.3) is 0 Å². The van der Waals surface area contributed by atoms with Gasteiger partial charge in [-0.15, -0.1) is 22.7 Å². The van der Waals surface area contributed by atoms with Crippen LogP contribution in [-0.2, 0) is 10.8 Å². The predicted molar refractivity (Wildman–Crippen MR) is 242 cm³/mol. The van der Waals surface area contributed by atoms with E-state index in [4.69, 9.17) is 0 Å². The van der Waals surface area contributed by atoms with Crippen LogP contribution in [0.3, 0.4) is 0 Å². The van der Waals surface area contributed by atoms with Crippen LogP contribution in [0.4, 0.5) is 0 Å².